The molecule has 1 amide bonds. The van der Waals surface area contributed by atoms with Crippen molar-refractivity contribution >= 4 is 17.5 Å². The van der Waals surface area contributed by atoms with Crippen LogP contribution in [-0.2, 0) is 0 Å². The molecule has 0 bridgehead atoms. The Labute approximate surface area is 94.0 Å². The van der Waals surface area contributed by atoms with Gasteiger partial charge in [-0.25, -0.2) is 0 Å². The van der Waals surface area contributed by atoms with E-state index in [0.29, 0.717) is 17.4 Å². The van der Waals surface area contributed by atoms with Crippen molar-refractivity contribution in [3.63, 3.8) is 0 Å². The van der Waals surface area contributed by atoms with Gasteiger partial charge in [-0.15, -0.1) is 11.6 Å². The molecule has 15 heavy (non-hydrogen) atoms. The number of hydrogen-bond acceptors (Lipinski definition) is 2. The van der Waals surface area contributed by atoms with Crippen LogP contribution >= 0.6 is 11.6 Å². The Morgan fingerprint density at radius 2 is 2.27 bits per heavy atom. The standard InChI is InChI=1S/C11H14ClNO2/c12-7-9-1-4-13(5-2-9)11(14)10-3-6-15-8-10/h3,6,8-9H,1-2,4-5,7H2. The summed E-state index contributed by atoms with van der Waals surface area (Å²) < 4.78 is 4.90. The van der Waals surface area contributed by atoms with Crippen molar-refractivity contribution in [3.05, 3.63) is 24.2 Å². The monoisotopic (exact) mass is 227 g/mol. The maximum Gasteiger partial charge on any atom is 0.257 e. The van der Waals surface area contributed by atoms with Gasteiger partial charge in [-0.1, -0.05) is 0 Å². The van der Waals surface area contributed by atoms with Crippen LogP contribution in [-0.4, -0.2) is 29.8 Å². The Morgan fingerprint density at radius 3 is 2.80 bits per heavy atom. The third-order valence-electron chi connectivity index (χ3n) is 2.89. The van der Waals surface area contributed by atoms with Gasteiger partial charge in [-0.3, -0.25) is 4.79 Å². The van der Waals surface area contributed by atoms with Crippen LogP contribution in [0.3, 0.4) is 0 Å². The highest BCUT2D eigenvalue weighted by Crippen LogP contribution is 2.19. The first-order chi connectivity index (χ1) is 7.31. The van der Waals surface area contributed by atoms with Crippen molar-refractivity contribution < 1.29 is 9.21 Å². The van der Waals surface area contributed by atoms with Gasteiger partial charge in [0, 0.05) is 19.0 Å². The number of amides is 1. The van der Waals surface area contributed by atoms with Crippen molar-refractivity contribution in [2.45, 2.75) is 12.8 Å². The summed E-state index contributed by atoms with van der Waals surface area (Å²) in [5.74, 6) is 1.34. The van der Waals surface area contributed by atoms with E-state index >= 15 is 0 Å². The normalized spacial score (nSPS) is 18.1. The van der Waals surface area contributed by atoms with Crippen molar-refractivity contribution in [2.75, 3.05) is 19.0 Å². The van der Waals surface area contributed by atoms with E-state index in [1.54, 1.807) is 6.07 Å². The van der Waals surface area contributed by atoms with E-state index in [9.17, 15) is 4.79 Å². The van der Waals surface area contributed by atoms with Gasteiger partial charge in [0.25, 0.3) is 5.91 Å². The summed E-state index contributed by atoms with van der Waals surface area (Å²) in [4.78, 5) is 13.8. The molecule has 1 aromatic heterocycles. The summed E-state index contributed by atoms with van der Waals surface area (Å²) in [6, 6.07) is 1.70. The van der Waals surface area contributed by atoms with Crippen molar-refractivity contribution in [1.82, 2.24) is 4.90 Å². The average molecular weight is 228 g/mol. The number of carbonyl (C=O) groups is 1. The van der Waals surface area contributed by atoms with E-state index in [-0.39, 0.29) is 5.91 Å². The highest BCUT2D eigenvalue weighted by Gasteiger charge is 2.23. The molecule has 0 aromatic carbocycles. The van der Waals surface area contributed by atoms with Gasteiger partial charge in [-0.05, 0) is 24.8 Å². The minimum absolute atomic E-state index is 0.0665. The number of likely N-dealkylation sites (tertiary alicyclic amines) is 1. The van der Waals surface area contributed by atoms with E-state index in [0.717, 1.165) is 25.9 Å². The average Bonchev–Trinajstić information content (AvgIpc) is 2.82. The highest BCUT2D eigenvalue weighted by atomic mass is 35.5. The van der Waals surface area contributed by atoms with E-state index < -0.39 is 0 Å². The summed E-state index contributed by atoms with van der Waals surface area (Å²) in [7, 11) is 0. The Morgan fingerprint density at radius 1 is 1.53 bits per heavy atom. The lowest BCUT2D eigenvalue weighted by atomic mass is 9.98. The predicted molar refractivity (Wildman–Crippen MR) is 58.1 cm³/mol. The molecule has 0 unspecified atom stereocenters. The van der Waals surface area contributed by atoms with Crippen LogP contribution in [0.2, 0.25) is 0 Å². The number of piperidine rings is 1. The maximum absolute atomic E-state index is 11.9. The minimum Gasteiger partial charge on any atom is -0.472 e. The maximum atomic E-state index is 11.9. The summed E-state index contributed by atoms with van der Waals surface area (Å²) in [6.45, 7) is 1.61. The highest BCUT2D eigenvalue weighted by molar-refractivity contribution is 6.18. The SMILES string of the molecule is O=C(c1ccoc1)N1CCC(CCl)CC1. The van der Waals surface area contributed by atoms with Crippen LogP contribution < -0.4 is 0 Å². The molecule has 1 aliphatic heterocycles. The molecule has 0 radical (unpaired) electrons. The summed E-state index contributed by atoms with van der Waals surface area (Å²) in [5, 5.41) is 0. The number of carbonyl (C=O) groups excluding carboxylic acids is 1. The lowest BCUT2D eigenvalue weighted by Gasteiger charge is -2.30. The van der Waals surface area contributed by atoms with Gasteiger partial charge in [0.1, 0.15) is 6.26 Å². The zero-order valence-electron chi connectivity index (χ0n) is 8.49. The summed E-state index contributed by atoms with van der Waals surface area (Å²) in [6.07, 6.45) is 5.04. The third kappa shape index (κ3) is 2.34. The number of hydrogen-bond donors (Lipinski definition) is 0. The van der Waals surface area contributed by atoms with Crippen molar-refractivity contribution in [1.29, 1.82) is 0 Å². The molecule has 0 atom stereocenters. The molecule has 2 rings (SSSR count). The Kier molecular flexibility index (Phi) is 3.31. The third-order valence-corrected chi connectivity index (χ3v) is 3.32. The molecule has 0 aliphatic carbocycles. The summed E-state index contributed by atoms with van der Waals surface area (Å²) >= 11 is 5.79. The number of alkyl halides is 1. The zero-order valence-corrected chi connectivity index (χ0v) is 9.24. The van der Waals surface area contributed by atoms with Crippen LogP contribution in [0.1, 0.15) is 23.2 Å². The molecular formula is C11H14ClNO2. The molecule has 1 saturated heterocycles. The van der Waals surface area contributed by atoms with E-state index in [4.69, 9.17) is 16.0 Å². The number of rotatable bonds is 2. The predicted octanol–water partition coefficient (Wildman–Crippen LogP) is 2.37. The number of furan rings is 1. The fraction of sp³-hybridized carbons (Fsp3) is 0.545. The molecular weight excluding hydrogens is 214 g/mol. The van der Waals surface area contributed by atoms with Crippen LogP contribution in [0.15, 0.2) is 23.0 Å². The smallest absolute Gasteiger partial charge is 0.257 e. The minimum atomic E-state index is 0.0665. The quantitative estimate of drug-likeness (QED) is 0.727. The first-order valence-electron chi connectivity index (χ1n) is 5.18. The van der Waals surface area contributed by atoms with Crippen molar-refractivity contribution in [2.24, 2.45) is 5.92 Å². The number of nitrogens with zero attached hydrogens (tertiary/aromatic N) is 1. The molecule has 2 heterocycles. The van der Waals surface area contributed by atoms with E-state index in [2.05, 4.69) is 0 Å². The van der Waals surface area contributed by atoms with E-state index in [1.807, 2.05) is 4.90 Å². The van der Waals surface area contributed by atoms with Gasteiger partial charge < -0.3 is 9.32 Å². The van der Waals surface area contributed by atoms with Crippen LogP contribution in [0.25, 0.3) is 0 Å². The van der Waals surface area contributed by atoms with Crippen LogP contribution in [0.4, 0.5) is 0 Å². The summed E-state index contributed by atoms with van der Waals surface area (Å²) in [5.41, 5.74) is 0.638. The molecule has 82 valence electrons. The molecule has 0 N–H and O–H groups in total. The first-order valence-corrected chi connectivity index (χ1v) is 5.72. The van der Waals surface area contributed by atoms with Gasteiger partial charge in [-0.2, -0.15) is 0 Å². The second kappa shape index (κ2) is 4.71. The molecule has 4 heteroatoms. The van der Waals surface area contributed by atoms with Gasteiger partial charge >= 0.3 is 0 Å². The Hall–Kier alpha value is -0.960. The Bertz CT molecular complexity index is 315. The zero-order chi connectivity index (χ0) is 10.7. The van der Waals surface area contributed by atoms with Gasteiger partial charge in [0.15, 0.2) is 0 Å². The van der Waals surface area contributed by atoms with Gasteiger partial charge in [0.05, 0.1) is 11.8 Å². The van der Waals surface area contributed by atoms with Crippen LogP contribution in [0.5, 0.6) is 0 Å². The van der Waals surface area contributed by atoms with Crippen LogP contribution in [0, 0.1) is 5.92 Å². The fourth-order valence-corrected chi connectivity index (χ4v) is 2.17. The van der Waals surface area contributed by atoms with E-state index in [1.165, 1.54) is 12.5 Å². The second-order valence-corrected chi connectivity index (χ2v) is 4.21. The largest absolute Gasteiger partial charge is 0.472 e. The molecule has 0 saturated carbocycles. The lowest BCUT2D eigenvalue weighted by Crippen LogP contribution is -2.38. The first kappa shape index (κ1) is 10.6. The van der Waals surface area contributed by atoms with Gasteiger partial charge in [0.2, 0.25) is 0 Å². The molecule has 1 fully saturated rings. The van der Waals surface area contributed by atoms with Crippen molar-refractivity contribution in [3.8, 4) is 0 Å². The topological polar surface area (TPSA) is 33.5 Å². The fourth-order valence-electron chi connectivity index (χ4n) is 1.86. The molecule has 1 aliphatic rings. The lowest BCUT2D eigenvalue weighted by molar-refractivity contribution is 0.0697. The number of halogens is 1. The molecule has 3 nitrogen and oxygen atoms in total. The molecule has 1 aromatic rings. The molecule has 0 spiro atoms. The Balaban J connectivity index is 1.93. The second-order valence-electron chi connectivity index (χ2n) is 3.90.